The van der Waals surface area contributed by atoms with E-state index in [2.05, 4.69) is 20.1 Å². The zero-order chi connectivity index (χ0) is 20.5. The summed E-state index contributed by atoms with van der Waals surface area (Å²) in [6, 6.07) is 5.88. The summed E-state index contributed by atoms with van der Waals surface area (Å²) >= 11 is 0. The van der Waals surface area contributed by atoms with Gasteiger partial charge in [-0.25, -0.2) is 0 Å². The van der Waals surface area contributed by atoms with E-state index in [-0.39, 0.29) is 35.9 Å². The summed E-state index contributed by atoms with van der Waals surface area (Å²) in [5.41, 5.74) is 1.12. The van der Waals surface area contributed by atoms with Crippen LogP contribution in [0, 0.1) is 5.92 Å². The van der Waals surface area contributed by atoms with Crippen LogP contribution in [0.4, 0.5) is 0 Å². The zero-order valence-corrected chi connectivity index (χ0v) is 20.3. The number of benzene rings is 1. The summed E-state index contributed by atoms with van der Waals surface area (Å²) < 4.78 is 15.6. The SMILES string of the molecule is CN=C(NCC(C)C(=O)OC)N1CCN(Cc2cc(OC)ccc2OC)CC1.I. The number of carbonyl (C=O) groups excluding carboxylic acids is 1. The van der Waals surface area contributed by atoms with Crippen LogP contribution in [-0.2, 0) is 16.1 Å². The molecule has 164 valence electrons. The van der Waals surface area contributed by atoms with Crippen LogP contribution >= 0.6 is 24.0 Å². The molecule has 1 aliphatic heterocycles. The van der Waals surface area contributed by atoms with Crippen LogP contribution in [0.15, 0.2) is 23.2 Å². The molecule has 1 N–H and O–H groups in total. The monoisotopic (exact) mass is 520 g/mol. The lowest BCUT2D eigenvalue weighted by atomic mass is 10.1. The van der Waals surface area contributed by atoms with Crippen LogP contribution in [0.3, 0.4) is 0 Å². The highest BCUT2D eigenvalue weighted by Gasteiger charge is 2.22. The summed E-state index contributed by atoms with van der Waals surface area (Å²) in [5, 5.41) is 3.27. The number of carbonyl (C=O) groups is 1. The van der Waals surface area contributed by atoms with Gasteiger partial charge in [0.05, 0.1) is 27.2 Å². The van der Waals surface area contributed by atoms with Crippen molar-refractivity contribution in [3.05, 3.63) is 23.8 Å². The first-order valence-electron chi connectivity index (χ1n) is 9.49. The number of esters is 1. The van der Waals surface area contributed by atoms with Crippen molar-refractivity contribution in [3.63, 3.8) is 0 Å². The van der Waals surface area contributed by atoms with E-state index in [1.54, 1.807) is 21.3 Å². The Kier molecular flexibility index (Phi) is 11.1. The Morgan fingerprint density at radius 1 is 1.17 bits per heavy atom. The summed E-state index contributed by atoms with van der Waals surface area (Å²) in [5.74, 6) is 2.08. The fourth-order valence-corrected chi connectivity index (χ4v) is 3.23. The van der Waals surface area contributed by atoms with Gasteiger partial charge in [0.15, 0.2) is 5.96 Å². The molecule has 0 spiro atoms. The Hall–Kier alpha value is -1.75. The Bertz CT molecular complexity index is 678. The average molecular weight is 520 g/mol. The van der Waals surface area contributed by atoms with Crippen molar-refractivity contribution in [2.45, 2.75) is 13.5 Å². The molecular weight excluding hydrogens is 487 g/mol. The maximum atomic E-state index is 11.6. The second kappa shape index (κ2) is 12.7. The Morgan fingerprint density at radius 3 is 2.41 bits per heavy atom. The molecule has 0 radical (unpaired) electrons. The molecule has 1 aromatic carbocycles. The summed E-state index contributed by atoms with van der Waals surface area (Å²) in [7, 11) is 6.53. The molecular formula is C20H33IN4O4. The minimum atomic E-state index is -0.222. The van der Waals surface area contributed by atoms with Crippen molar-refractivity contribution in [2.24, 2.45) is 10.9 Å². The standard InChI is InChI=1S/C20H32N4O4.HI/c1-15(19(25)28-5)13-22-20(21-2)24-10-8-23(9-11-24)14-16-12-17(26-3)6-7-18(16)27-4;/h6-7,12,15H,8-11,13-14H2,1-5H3,(H,21,22);1H. The van der Waals surface area contributed by atoms with Crippen molar-refractivity contribution in [3.8, 4) is 11.5 Å². The molecule has 1 fully saturated rings. The number of aliphatic imine (C=N–C) groups is 1. The topological polar surface area (TPSA) is 75.6 Å². The first-order chi connectivity index (χ1) is 13.5. The highest BCUT2D eigenvalue weighted by atomic mass is 127. The van der Waals surface area contributed by atoms with Crippen molar-refractivity contribution in [1.82, 2.24) is 15.1 Å². The van der Waals surface area contributed by atoms with Gasteiger partial charge in [-0.1, -0.05) is 6.92 Å². The molecule has 2 rings (SSSR count). The van der Waals surface area contributed by atoms with Crippen molar-refractivity contribution >= 4 is 35.9 Å². The molecule has 0 aromatic heterocycles. The van der Waals surface area contributed by atoms with Gasteiger partial charge >= 0.3 is 5.97 Å². The number of methoxy groups -OCH3 is 3. The summed E-state index contributed by atoms with van der Waals surface area (Å²) in [4.78, 5) is 20.5. The summed E-state index contributed by atoms with van der Waals surface area (Å²) in [6.45, 7) is 6.68. The van der Waals surface area contributed by atoms with Gasteiger partial charge in [0, 0.05) is 51.9 Å². The molecule has 8 nitrogen and oxygen atoms in total. The van der Waals surface area contributed by atoms with E-state index in [0.29, 0.717) is 6.54 Å². The van der Waals surface area contributed by atoms with E-state index < -0.39 is 0 Å². The summed E-state index contributed by atoms with van der Waals surface area (Å²) in [6.07, 6.45) is 0. The lowest BCUT2D eigenvalue weighted by Gasteiger charge is -2.36. The number of ether oxygens (including phenoxy) is 3. The molecule has 1 aromatic rings. The first-order valence-corrected chi connectivity index (χ1v) is 9.49. The number of halogens is 1. The van der Waals surface area contributed by atoms with Gasteiger partial charge in [0.1, 0.15) is 11.5 Å². The van der Waals surface area contributed by atoms with Crippen LogP contribution in [0.1, 0.15) is 12.5 Å². The van der Waals surface area contributed by atoms with E-state index in [9.17, 15) is 4.79 Å². The van der Waals surface area contributed by atoms with Gasteiger partial charge in [-0.3, -0.25) is 14.7 Å². The first kappa shape index (κ1) is 25.3. The molecule has 0 amide bonds. The van der Waals surface area contributed by atoms with E-state index in [1.807, 2.05) is 25.1 Å². The van der Waals surface area contributed by atoms with Crippen molar-refractivity contribution in [1.29, 1.82) is 0 Å². The van der Waals surface area contributed by atoms with E-state index in [0.717, 1.165) is 55.7 Å². The minimum absolute atomic E-state index is 0. The predicted octanol–water partition coefficient (Wildman–Crippen LogP) is 1.82. The maximum Gasteiger partial charge on any atom is 0.310 e. The molecule has 0 bridgehead atoms. The third-order valence-corrected chi connectivity index (χ3v) is 4.94. The van der Waals surface area contributed by atoms with Crippen LogP contribution < -0.4 is 14.8 Å². The Morgan fingerprint density at radius 2 is 1.86 bits per heavy atom. The normalized spacial score (nSPS) is 15.9. The minimum Gasteiger partial charge on any atom is -0.497 e. The van der Waals surface area contributed by atoms with Gasteiger partial charge in [-0.2, -0.15) is 0 Å². The largest absolute Gasteiger partial charge is 0.497 e. The van der Waals surface area contributed by atoms with E-state index >= 15 is 0 Å². The van der Waals surface area contributed by atoms with Gasteiger partial charge in [-0.05, 0) is 18.2 Å². The van der Waals surface area contributed by atoms with Gasteiger partial charge in [0.2, 0.25) is 0 Å². The van der Waals surface area contributed by atoms with E-state index in [1.165, 1.54) is 7.11 Å². The fraction of sp³-hybridized carbons (Fsp3) is 0.600. The quantitative estimate of drug-likeness (QED) is 0.255. The van der Waals surface area contributed by atoms with E-state index in [4.69, 9.17) is 14.2 Å². The molecule has 1 aliphatic rings. The average Bonchev–Trinajstić information content (AvgIpc) is 2.74. The number of hydrogen-bond donors (Lipinski definition) is 1. The van der Waals surface area contributed by atoms with Crippen LogP contribution in [0.2, 0.25) is 0 Å². The van der Waals surface area contributed by atoms with Crippen LogP contribution in [-0.4, -0.2) is 82.8 Å². The van der Waals surface area contributed by atoms with Gasteiger partial charge < -0.3 is 24.4 Å². The number of hydrogen-bond acceptors (Lipinski definition) is 6. The second-order valence-corrected chi connectivity index (χ2v) is 6.79. The molecule has 1 unspecified atom stereocenters. The maximum absolute atomic E-state index is 11.6. The Balaban J connectivity index is 0.00000420. The van der Waals surface area contributed by atoms with Gasteiger partial charge in [0.25, 0.3) is 0 Å². The second-order valence-electron chi connectivity index (χ2n) is 6.79. The number of nitrogens with one attached hydrogen (secondary N) is 1. The predicted molar refractivity (Wildman–Crippen MR) is 124 cm³/mol. The molecule has 1 atom stereocenters. The molecule has 29 heavy (non-hydrogen) atoms. The Labute approximate surface area is 190 Å². The van der Waals surface area contributed by atoms with Crippen molar-refractivity contribution < 1.29 is 19.0 Å². The number of guanidine groups is 1. The number of rotatable bonds is 7. The molecule has 9 heteroatoms. The van der Waals surface area contributed by atoms with Gasteiger partial charge in [-0.15, -0.1) is 24.0 Å². The molecule has 0 aliphatic carbocycles. The third-order valence-electron chi connectivity index (χ3n) is 4.94. The number of piperazine rings is 1. The van der Waals surface area contributed by atoms with Crippen molar-refractivity contribution in [2.75, 3.05) is 61.1 Å². The lowest BCUT2D eigenvalue weighted by molar-refractivity contribution is -0.144. The smallest absolute Gasteiger partial charge is 0.310 e. The highest BCUT2D eigenvalue weighted by molar-refractivity contribution is 14.0. The fourth-order valence-electron chi connectivity index (χ4n) is 3.23. The molecule has 0 saturated carbocycles. The zero-order valence-electron chi connectivity index (χ0n) is 17.9. The third kappa shape index (κ3) is 7.22. The molecule has 1 heterocycles. The lowest BCUT2D eigenvalue weighted by Crippen LogP contribution is -2.52. The highest BCUT2D eigenvalue weighted by Crippen LogP contribution is 2.25. The number of nitrogens with zero attached hydrogens (tertiary/aromatic N) is 3. The molecule has 1 saturated heterocycles. The van der Waals surface area contributed by atoms with Crippen LogP contribution in [0.25, 0.3) is 0 Å². The van der Waals surface area contributed by atoms with Crippen LogP contribution in [0.5, 0.6) is 11.5 Å².